The maximum absolute atomic E-state index is 13.6. The highest BCUT2D eigenvalue weighted by Gasteiger charge is 2.18. The van der Waals surface area contributed by atoms with Crippen molar-refractivity contribution < 1.29 is 23.8 Å². The average molecular weight is 505 g/mol. The van der Waals surface area contributed by atoms with Crippen molar-refractivity contribution in [3.05, 3.63) is 85.3 Å². The smallest absolute Gasteiger partial charge is 0.356 e. The van der Waals surface area contributed by atoms with Crippen molar-refractivity contribution in [2.24, 2.45) is 0 Å². The Morgan fingerprint density at radius 3 is 2.57 bits per heavy atom. The van der Waals surface area contributed by atoms with Crippen LogP contribution in [0.25, 0.3) is 5.65 Å². The van der Waals surface area contributed by atoms with E-state index in [4.69, 9.17) is 22.6 Å². The van der Waals surface area contributed by atoms with E-state index in [1.54, 1.807) is 12.1 Å². The summed E-state index contributed by atoms with van der Waals surface area (Å²) in [5, 5.41) is 15.3. The van der Waals surface area contributed by atoms with Gasteiger partial charge in [0.1, 0.15) is 17.2 Å². The molecule has 4 aromatic rings. The van der Waals surface area contributed by atoms with Gasteiger partial charge in [0.05, 0.1) is 13.3 Å². The Morgan fingerprint density at radius 2 is 1.94 bits per heavy atom. The van der Waals surface area contributed by atoms with Crippen LogP contribution in [0.1, 0.15) is 32.1 Å². The van der Waals surface area contributed by atoms with Crippen LogP contribution in [0.15, 0.2) is 46.1 Å². The van der Waals surface area contributed by atoms with E-state index in [0.717, 1.165) is 11.6 Å². The number of carbonyl (C=O) groups excluding carboxylic acids is 1. The summed E-state index contributed by atoms with van der Waals surface area (Å²) in [5.74, 6) is -2.30. The molecule has 0 aliphatic carbocycles. The Morgan fingerprint density at radius 1 is 1.20 bits per heavy atom. The lowest BCUT2D eigenvalue weighted by atomic mass is 10.1. The van der Waals surface area contributed by atoms with E-state index in [0.29, 0.717) is 12.1 Å². The minimum Gasteiger partial charge on any atom is -0.477 e. The molecule has 14 heteroatoms. The van der Waals surface area contributed by atoms with Gasteiger partial charge in [0.25, 0.3) is 10.9 Å². The maximum atomic E-state index is 13.6. The molecular formula is C21H18ClFN6O6. The Hall–Kier alpha value is -4.36. The summed E-state index contributed by atoms with van der Waals surface area (Å²) >= 11 is 5.38. The number of anilines is 2. The summed E-state index contributed by atoms with van der Waals surface area (Å²) in [6.07, 6.45) is 1.42. The first-order valence-electron chi connectivity index (χ1n) is 9.77. The number of nitrogen functional groups attached to an aromatic ring is 1. The van der Waals surface area contributed by atoms with Gasteiger partial charge in [0, 0.05) is 30.8 Å². The number of halogens is 2. The molecule has 0 radical (unpaired) electrons. The van der Waals surface area contributed by atoms with Crippen LogP contribution in [-0.2, 0) is 17.8 Å². The summed E-state index contributed by atoms with van der Waals surface area (Å²) < 4.78 is 19.3. The molecule has 0 fully saturated rings. The van der Waals surface area contributed by atoms with Crippen LogP contribution < -0.4 is 26.7 Å². The molecule has 0 unspecified atom stereocenters. The predicted molar refractivity (Wildman–Crippen MR) is 123 cm³/mol. The number of carboxylic acids is 1. The number of nitrogens with two attached hydrogens (primary N) is 1. The van der Waals surface area contributed by atoms with Gasteiger partial charge in [-0.05, 0) is 29.5 Å². The molecular weight excluding hydrogens is 487 g/mol. The van der Waals surface area contributed by atoms with Crippen LogP contribution in [0.3, 0.4) is 0 Å². The minimum absolute atomic E-state index is 0.0231. The number of benzene rings is 1. The van der Waals surface area contributed by atoms with E-state index in [1.807, 2.05) is 0 Å². The second-order valence-corrected chi connectivity index (χ2v) is 7.23. The number of carbonyl (C=O) groups is 2. The molecule has 2 aromatic carbocycles. The molecule has 0 spiro atoms. The van der Waals surface area contributed by atoms with Gasteiger partial charge in [-0.15, -0.1) is 0 Å². The van der Waals surface area contributed by atoms with Crippen molar-refractivity contribution in [1.29, 1.82) is 0 Å². The fraction of sp³-hybridized carbons (Fsp3) is 0.143. The average Bonchev–Trinajstić information content (AvgIpc) is 3.34. The summed E-state index contributed by atoms with van der Waals surface area (Å²) in [5.41, 5.74) is 5.15. The Kier molecular flexibility index (Phi) is 7.73. The molecule has 0 aliphatic heterocycles. The van der Waals surface area contributed by atoms with E-state index in [9.17, 15) is 23.6 Å². The second kappa shape index (κ2) is 10.7. The Labute approximate surface area is 200 Å². The van der Waals surface area contributed by atoms with Gasteiger partial charge >= 0.3 is 11.9 Å². The quantitative estimate of drug-likeness (QED) is 0.161. The van der Waals surface area contributed by atoms with Gasteiger partial charge < -0.3 is 20.9 Å². The van der Waals surface area contributed by atoms with E-state index >= 15 is 0 Å². The number of rotatable bonds is 7. The van der Waals surface area contributed by atoms with Crippen molar-refractivity contribution in [3.8, 4) is 0 Å². The summed E-state index contributed by atoms with van der Waals surface area (Å²) in [6.45, 7) is 0.452. The van der Waals surface area contributed by atoms with Crippen LogP contribution in [-0.4, -0.2) is 38.8 Å². The Bertz CT molecular complexity index is 1480. The summed E-state index contributed by atoms with van der Waals surface area (Å²) in [4.78, 5) is 50.5. The van der Waals surface area contributed by atoms with Crippen LogP contribution in [0.2, 0.25) is 0 Å². The van der Waals surface area contributed by atoms with E-state index in [1.165, 1.54) is 30.0 Å². The lowest BCUT2D eigenvalue weighted by Crippen LogP contribution is -2.37. The van der Waals surface area contributed by atoms with Crippen molar-refractivity contribution in [1.82, 2.24) is 19.4 Å². The van der Waals surface area contributed by atoms with Gasteiger partial charge in [-0.3, -0.25) is 9.59 Å². The molecule has 0 atom stereocenters. The zero-order chi connectivity index (χ0) is 25.7. The molecule has 0 aliphatic rings. The Balaban J connectivity index is 0.000000198. The number of hydrogen-bond acceptors (Lipinski definition) is 10. The summed E-state index contributed by atoms with van der Waals surface area (Å²) in [7, 11) is 1.21. The third-order valence-electron chi connectivity index (χ3n) is 4.76. The van der Waals surface area contributed by atoms with Crippen LogP contribution in [0, 0.1) is 5.82 Å². The lowest BCUT2D eigenvalue weighted by molar-refractivity contribution is 0.0590. The van der Waals surface area contributed by atoms with Crippen molar-refractivity contribution in [2.75, 3.05) is 18.2 Å². The van der Waals surface area contributed by atoms with E-state index in [-0.39, 0.29) is 35.0 Å². The number of ether oxygens (including phenoxy) is 1. The van der Waals surface area contributed by atoms with Crippen molar-refractivity contribution in [2.45, 2.75) is 13.1 Å². The lowest BCUT2D eigenvalue weighted by Gasteiger charge is -2.11. The minimum atomic E-state index is -1.21. The number of nitrogens with zero attached hydrogens (tertiary/aromatic N) is 3. The number of aromatic carboxylic acids is 1. The van der Waals surface area contributed by atoms with E-state index in [2.05, 4.69) is 25.0 Å². The van der Waals surface area contributed by atoms with Crippen molar-refractivity contribution in [3.63, 3.8) is 0 Å². The van der Waals surface area contributed by atoms with Gasteiger partial charge in [-0.25, -0.2) is 28.3 Å². The first-order chi connectivity index (χ1) is 16.7. The number of esters is 1. The predicted octanol–water partition coefficient (Wildman–Crippen LogP) is 1.07. The van der Waals surface area contributed by atoms with Gasteiger partial charge in [0.15, 0.2) is 17.0 Å². The first kappa shape index (κ1) is 25.3. The third kappa shape index (κ3) is 5.42. The van der Waals surface area contributed by atoms with Crippen LogP contribution >= 0.6 is 11.8 Å². The molecule has 2 heterocycles. The van der Waals surface area contributed by atoms with E-state index < -0.39 is 28.6 Å². The number of carboxylic acid groups (broad SMARTS) is 1. The molecule has 182 valence electrons. The molecule has 5 N–H and O–H groups in total. The normalized spacial score (nSPS) is 10.6. The number of methoxy groups -OCH3 is 1. The topological polar surface area (TPSA) is 178 Å². The highest BCUT2D eigenvalue weighted by Crippen LogP contribution is 2.15. The molecule has 2 aromatic heterocycles. The zero-order valence-electron chi connectivity index (χ0n) is 18.0. The standard InChI is InChI=1S/C12H11ClFN3O2.C9H7N3O4/c13-17-4-6-1-2-8(14)7(3-6)5-16-10-9(15)11(18)12(10)19;1-16-9(15)6-4-5(8(13)14)11-7-2-3-10-12(6)7/h1-3,16-17H,4-5,15H2;2-4H,1H3,(H,13,14). The van der Waals surface area contributed by atoms with Gasteiger partial charge in [-0.2, -0.15) is 5.10 Å². The first-order valence-corrected chi connectivity index (χ1v) is 10.2. The summed E-state index contributed by atoms with van der Waals surface area (Å²) in [6, 6.07) is 7.14. The molecule has 4 rings (SSSR count). The number of nitrogens with one attached hydrogen (secondary N) is 2. The highest BCUT2D eigenvalue weighted by atomic mass is 35.5. The molecule has 0 bridgehead atoms. The fourth-order valence-electron chi connectivity index (χ4n) is 2.99. The third-order valence-corrected chi connectivity index (χ3v) is 4.89. The zero-order valence-corrected chi connectivity index (χ0v) is 18.8. The molecule has 35 heavy (non-hydrogen) atoms. The second-order valence-electron chi connectivity index (χ2n) is 6.96. The highest BCUT2D eigenvalue weighted by molar-refractivity contribution is 6.13. The number of hydrogen-bond donors (Lipinski definition) is 4. The monoisotopic (exact) mass is 504 g/mol. The van der Waals surface area contributed by atoms with Crippen LogP contribution in [0.5, 0.6) is 0 Å². The van der Waals surface area contributed by atoms with Crippen LogP contribution in [0.4, 0.5) is 15.8 Å². The van der Waals surface area contributed by atoms with Crippen molar-refractivity contribution >= 4 is 40.7 Å². The molecule has 12 nitrogen and oxygen atoms in total. The SMILES string of the molecule is COC(=O)c1cc(C(=O)O)nc2ccnn12.Nc1c(NCc2cc(CNCl)ccc2F)c(=O)c1=O. The number of fused-ring (bicyclic) bond motifs is 1. The molecule has 0 saturated carbocycles. The largest absolute Gasteiger partial charge is 0.477 e. The molecule has 0 amide bonds. The van der Waals surface area contributed by atoms with Gasteiger partial charge in [0.2, 0.25) is 0 Å². The molecule has 0 saturated heterocycles. The fourth-order valence-corrected chi connectivity index (χ4v) is 3.15. The maximum Gasteiger partial charge on any atom is 0.356 e. The number of aromatic nitrogens is 3. The van der Waals surface area contributed by atoms with Gasteiger partial charge in [-0.1, -0.05) is 6.07 Å².